The molecule has 6 nitrogen and oxygen atoms in total. The first-order valence-corrected chi connectivity index (χ1v) is 13.2. The van der Waals surface area contributed by atoms with Gasteiger partial charge in [-0.1, -0.05) is 81.4 Å². The lowest BCUT2D eigenvalue weighted by molar-refractivity contribution is -0.183. The maximum atomic E-state index is 13.2. The summed E-state index contributed by atoms with van der Waals surface area (Å²) in [5.74, 6) is 0.0108. The van der Waals surface area contributed by atoms with E-state index in [1.54, 1.807) is 6.92 Å². The molecule has 0 aromatic rings. The number of ether oxygens (including phenoxy) is 2. The first kappa shape index (κ1) is 33.6. The minimum Gasteiger partial charge on any atom is -0.461 e. The molecule has 2 atom stereocenters. The topological polar surface area (TPSA) is 81.9 Å². The number of rotatable bonds is 15. The third-order valence-electron chi connectivity index (χ3n) is 7.63. The lowest BCUT2D eigenvalue weighted by atomic mass is 9.60. The normalized spacial score (nSPS) is 16.1. The molecule has 35 heavy (non-hydrogen) atoms. The van der Waals surface area contributed by atoms with Crippen molar-refractivity contribution in [3.8, 4) is 0 Å². The Bertz CT molecular complexity index is 703. The summed E-state index contributed by atoms with van der Waals surface area (Å²) < 4.78 is 11.7. The van der Waals surface area contributed by atoms with E-state index in [4.69, 9.17) is 15.2 Å². The van der Waals surface area contributed by atoms with Crippen LogP contribution in [-0.4, -0.2) is 55.7 Å². The molecule has 0 aliphatic rings. The van der Waals surface area contributed by atoms with E-state index in [0.717, 1.165) is 13.0 Å². The van der Waals surface area contributed by atoms with Crippen molar-refractivity contribution >= 4 is 11.9 Å². The predicted molar refractivity (Wildman–Crippen MR) is 146 cm³/mol. The zero-order chi connectivity index (χ0) is 27.8. The van der Waals surface area contributed by atoms with Crippen LogP contribution >= 0.6 is 0 Å². The van der Waals surface area contributed by atoms with Gasteiger partial charge in [-0.25, -0.2) is 0 Å². The number of nitrogens with two attached hydrogens (primary N) is 1. The molecule has 2 unspecified atom stereocenters. The van der Waals surface area contributed by atoms with E-state index in [0.29, 0.717) is 18.8 Å². The predicted octanol–water partition coefficient (Wildman–Crippen LogP) is 5.84. The van der Waals surface area contributed by atoms with Crippen LogP contribution in [0.25, 0.3) is 0 Å². The second-order valence-electron chi connectivity index (χ2n) is 13.3. The van der Waals surface area contributed by atoms with Gasteiger partial charge in [-0.2, -0.15) is 0 Å². The summed E-state index contributed by atoms with van der Waals surface area (Å²) >= 11 is 0. The first-order valence-electron chi connectivity index (χ1n) is 13.2. The van der Waals surface area contributed by atoms with Crippen molar-refractivity contribution < 1.29 is 19.1 Å². The third-order valence-corrected chi connectivity index (χ3v) is 7.63. The SMILES string of the molecule is CC(C)CC(C)(C)/C=C/COC(=O)C(C)(N)C(C)(C)C(OC(=O)CCCN(C)C)C(C)(C)C(C)C. The highest BCUT2D eigenvalue weighted by Gasteiger charge is 2.56. The fraction of sp³-hybridized carbons (Fsp3) is 0.862. The van der Waals surface area contributed by atoms with Crippen LogP contribution in [0.15, 0.2) is 12.2 Å². The van der Waals surface area contributed by atoms with Gasteiger partial charge in [-0.05, 0) is 57.7 Å². The van der Waals surface area contributed by atoms with Crippen LogP contribution in [-0.2, 0) is 19.1 Å². The second-order valence-corrected chi connectivity index (χ2v) is 13.3. The summed E-state index contributed by atoms with van der Waals surface area (Å²) in [6.07, 6.45) is 5.49. The summed E-state index contributed by atoms with van der Waals surface area (Å²) in [6.45, 7) is 23.5. The van der Waals surface area contributed by atoms with Gasteiger partial charge >= 0.3 is 11.9 Å². The van der Waals surface area contributed by atoms with Gasteiger partial charge in [0.1, 0.15) is 18.2 Å². The quantitative estimate of drug-likeness (QED) is 0.227. The van der Waals surface area contributed by atoms with Gasteiger partial charge in [0.05, 0.1) is 0 Å². The average molecular weight is 497 g/mol. The van der Waals surface area contributed by atoms with E-state index in [1.165, 1.54) is 0 Å². The van der Waals surface area contributed by atoms with E-state index < -0.39 is 28.4 Å². The Morgan fingerprint density at radius 1 is 0.971 bits per heavy atom. The Balaban J connectivity index is 5.66. The molecule has 206 valence electrons. The molecule has 6 heteroatoms. The molecule has 0 rings (SSSR count). The average Bonchev–Trinajstić information content (AvgIpc) is 2.67. The molecular weight excluding hydrogens is 440 g/mol. The fourth-order valence-corrected chi connectivity index (χ4v) is 4.56. The number of carbonyl (C=O) groups is 2. The molecule has 0 radical (unpaired) electrons. The van der Waals surface area contributed by atoms with E-state index in [-0.39, 0.29) is 23.9 Å². The summed E-state index contributed by atoms with van der Waals surface area (Å²) in [7, 11) is 3.95. The molecular formula is C29H56N2O4. The fourth-order valence-electron chi connectivity index (χ4n) is 4.56. The van der Waals surface area contributed by atoms with Crippen LogP contribution in [0.4, 0.5) is 0 Å². The Labute approximate surface area is 216 Å². The van der Waals surface area contributed by atoms with Gasteiger partial charge < -0.3 is 20.1 Å². The highest BCUT2D eigenvalue weighted by atomic mass is 16.5. The monoisotopic (exact) mass is 496 g/mol. The molecule has 2 N–H and O–H groups in total. The van der Waals surface area contributed by atoms with Crippen molar-refractivity contribution in [1.82, 2.24) is 4.90 Å². The molecule has 0 heterocycles. The van der Waals surface area contributed by atoms with Crippen molar-refractivity contribution in [1.29, 1.82) is 0 Å². The molecule has 0 saturated heterocycles. The van der Waals surface area contributed by atoms with Gasteiger partial charge in [0.2, 0.25) is 0 Å². The van der Waals surface area contributed by atoms with Crippen LogP contribution in [0, 0.1) is 28.1 Å². The molecule has 0 fully saturated rings. The molecule has 0 aliphatic heterocycles. The summed E-state index contributed by atoms with van der Waals surface area (Å²) in [5, 5.41) is 0. The van der Waals surface area contributed by atoms with Crippen molar-refractivity contribution in [2.24, 2.45) is 33.8 Å². The molecule has 0 bridgehead atoms. The molecule has 0 aromatic carbocycles. The Hall–Kier alpha value is -1.40. The zero-order valence-electron chi connectivity index (χ0n) is 25.1. The highest BCUT2D eigenvalue weighted by Crippen LogP contribution is 2.47. The zero-order valence-corrected chi connectivity index (χ0v) is 25.1. The first-order chi connectivity index (χ1) is 15.7. The van der Waals surface area contributed by atoms with E-state index >= 15 is 0 Å². The number of hydrogen-bond donors (Lipinski definition) is 1. The Morgan fingerprint density at radius 3 is 1.97 bits per heavy atom. The number of hydrogen-bond acceptors (Lipinski definition) is 6. The maximum Gasteiger partial charge on any atom is 0.326 e. The van der Waals surface area contributed by atoms with Gasteiger partial charge in [0.15, 0.2) is 0 Å². The second kappa shape index (κ2) is 13.2. The van der Waals surface area contributed by atoms with E-state index in [1.807, 2.05) is 38.9 Å². The number of carbonyl (C=O) groups excluding carboxylic acids is 2. The standard InChI is InChI=1S/C29H56N2O4/c1-21(2)20-26(5,6)17-15-19-34-25(33)29(11,30)28(9,10)24(27(7,8)22(3)4)35-23(32)16-14-18-31(12)13/h15,17,21-22,24H,14,16,18-20,30H2,1-13H3/b17-15+. The Morgan fingerprint density at radius 2 is 1.51 bits per heavy atom. The van der Waals surface area contributed by atoms with Gasteiger partial charge in [0.25, 0.3) is 0 Å². The molecule has 0 aromatic heterocycles. The largest absolute Gasteiger partial charge is 0.461 e. The highest BCUT2D eigenvalue weighted by molar-refractivity contribution is 5.81. The van der Waals surface area contributed by atoms with Crippen LogP contribution in [0.1, 0.15) is 95.4 Å². The number of esters is 2. The van der Waals surface area contributed by atoms with Crippen molar-refractivity contribution in [2.45, 2.75) is 107 Å². The molecule has 0 aliphatic carbocycles. The van der Waals surface area contributed by atoms with Crippen molar-refractivity contribution in [3.05, 3.63) is 12.2 Å². The minimum atomic E-state index is -1.37. The van der Waals surface area contributed by atoms with E-state index in [9.17, 15) is 9.59 Å². The summed E-state index contributed by atoms with van der Waals surface area (Å²) in [4.78, 5) is 28.1. The van der Waals surface area contributed by atoms with Crippen molar-refractivity contribution in [2.75, 3.05) is 27.2 Å². The summed E-state index contributed by atoms with van der Waals surface area (Å²) in [5.41, 5.74) is 4.06. The number of nitrogens with zero attached hydrogens (tertiary/aromatic N) is 1. The summed E-state index contributed by atoms with van der Waals surface area (Å²) in [6, 6.07) is 0. The maximum absolute atomic E-state index is 13.2. The van der Waals surface area contributed by atoms with Crippen LogP contribution < -0.4 is 5.73 Å². The molecule has 0 saturated carbocycles. The smallest absolute Gasteiger partial charge is 0.326 e. The van der Waals surface area contributed by atoms with Gasteiger partial charge in [-0.15, -0.1) is 0 Å². The van der Waals surface area contributed by atoms with Crippen LogP contribution in [0.2, 0.25) is 0 Å². The Kier molecular flexibility index (Phi) is 12.7. The lowest BCUT2D eigenvalue weighted by Crippen LogP contribution is -2.65. The van der Waals surface area contributed by atoms with Crippen molar-refractivity contribution in [3.63, 3.8) is 0 Å². The van der Waals surface area contributed by atoms with Crippen LogP contribution in [0.5, 0.6) is 0 Å². The third kappa shape index (κ3) is 10.2. The molecule has 0 amide bonds. The molecule has 0 spiro atoms. The van der Waals surface area contributed by atoms with E-state index in [2.05, 4.69) is 61.5 Å². The lowest BCUT2D eigenvalue weighted by Gasteiger charge is -2.51. The minimum absolute atomic E-state index is 0.0268. The number of allylic oxidation sites excluding steroid dienone is 1. The van der Waals surface area contributed by atoms with Gasteiger partial charge in [0, 0.05) is 17.3 Å². The van der Waals surface area contributed by atoms with Crippen LogP contribution in [0.3, 0.4) is 0 Å². The van der Waals surface area contributed by atoms with Gasteiger partial charge in [-0.3, -0.25) is 9.59 Å².